The van der Waals surface area contributed by atoms with Crippen LogP contribution in [0.3, 0.4) is 0 Å². The van der Waals surface area contributed by atoms with Gasteiger partial charge in [-0.2, -0.15) is 0 Å². The van der Waals surface area contributed by atoms with Crippen LogP contribution in [-0.2, 0) is 11.3 Å². The highest BCUT2D eigenvalue weighted by Gasteiger charge is 2.37. The van der Waals surface area contributed by atoms with Gasteiger partial charge in [-0.3, -0.25) is 14.5 Å². The van der Waals surface area contributed by atoms with Gasteiger partial charge in [0.2, 0.25) is 5.91 Å². The molecule has 1 aliphatic heterocycles. The summed E-state index contributed by atoms with van der Waals surface area (Å²) in [5.41, 5.74) is 2.71. The summed E-state index contributed by atoms with van der Waals surface area (Å²) in [4.78, 5) is 29.9. The second kappa shape index (κ2) is 8.68. The number of likely N-dealkylation sites (tertiary alicyclic amines) is 1. The summed E-state index contributed by atoms with van der Waals surface area (Å²) in [5.74, 6) is -0.135. The molecule has 1 aromatic carbocycles. The van der Waals surface area contributed by atoms with Gasteiger partial charge in [0.05, 0.1) is 6.04 Å². The minimum Gasteiger partial charge on any atom is -0.357 e. The van der Waals surface area contributed by atoms with Crippen molar-refractivity contribution in [1.29, 1.82) is 0 Å². The van der Waals surface area contributed by atoms with E-state index in [0.717, 1.165) is 11.1 Å². The van der Waals surface area contributed by atoms with Gasteiger partial charge in [0.25, 0.3) is 5.91 Å². The topological polar surface area (TPSA) is 77.2 Å². The van der Waals surface area contributed by atoms with Crippen molar-refractivity contribution in [3.8, 4) is 0 Å². The number of nitrogens with zero attached hydrogens (tertiary/aromatic N) is 1. The Morgan fingerprint density at radius 2 is 2.19 bits per heavy atom. The summed E-state index contributed by atoms with van der Waals surface area (Å²) in [5, 5.41) is 5.95. The second-order valence-corrected chi connectivity index (χ2v) is 6.78. The number of amides is 2. The van der Waals surface area contributed by atoms with E-state index < -0.39 is 0 Å². The quantitative estimate of drug-likeness (QED) is 0.703. The second-order valence-electron chi connectivity index (χ2n) is 6.78. The number of rotatable bonds is 7. The molecule has 0 spiro atoms. The standard InChI is InChI=1S/C21H26N4O2/c1-3-15-7-5-8-16(11-15)13-25-14-17(12-19(25)21(27)22-4-2)24-20(26)18-9-6-10-23-18/h3,5-11,17,19,23H,1,4,12-14H2,2H3,(H,22,27)(H,24,26)/t17-,19-/m0/s1. The van der Waals surface area contributed by atoms with Gasteiger partial charge in [0.15, 0.2) is 0 Å². The number of carbonyl (C=O) groups is 2. The Kier molecular flexibility index (Phi) is 6.08. The molecule has 27 heavy (non-hydrogen) atoms. The molecule has 0 unspecified atom stereocenters. The van der Waals surface area contributed by atoms with Crippen LogP contribution in [-0.4, -0.2) is 46.9 Å². The number of aromatic amines is 1. The van der Waals surface area contributed by atoms with Gasteiger partial charge in [0, 0.05) is 31.9 Å². The third-order valence-corrected chi connectivity index (χ3v) is 4.81. The Morgan fingerprint density at radius 3 is 2.89 bits per heavy atom. The van der Waals surface area contributed by atoms with Crippen LogP contribution in [0, 0.1) is 0 Å². The van der Waals surface area contributed by atoms with Gasteiger partial charge in [-0.15, -0.1) is 0 Å². The Balaban J connectivity index is 1.71. The molecule has 1 fully saturated rings. The highest BCUT2D eigenvalue weighted by Crippen LogP contribution is 2.22. The Hall–Kier alpha value is -2.86. The van der Waals surface area contributed by atoms with E-state index in [4.69, 9.17) is 0 Å². The molecule has 1 aliphatic rings. The minimum atomic E-state index is -0.258. The van der Waals surface area contributed by atoms with Crippen LogP contribution in [0.25, 0.3) is 6.08 Å². The molecule has 142 valence electrons. The molecule has 1 aromatic heterocycles. The minimum absolute atomic E-state index is 0.00833. The number of hydrogen-bond acceptors (Lipinski definition) is 3. The van der Waals surface area contributed by atoms with Gasteiger partial charge in [-0.25, -0.2) is 0 Å². The predicted octanol–water partition coefficient (Wildman–Crippen LogP) is 2.17. The fourth-order valence-electron chi connectivity index (χ4n) is 3.54. The summed E-state index contributed by atoms with van der Waals surface area (Å²) in [6.07, 6.45) is 4.13. The summed E-state index contributed by atoms with van der Waals surface area (Å²) >= 11 is 0. The van der Waals surface area contributed by atoms with Crippen molar-refractivity contribution in [2.75, 3.05) is 13.1 Å². The predicted molar refractivity (Wildman–Crippen MR) is 106 cm³/mol. The Bertz CT molecular complexity index is 800. The van der Waals surface area contributed by atoms with E-state index >= 15 is 0 Å². The van der Waals surface area contributed by atoms with Crippen LogP contribution in [0.2, 0.25) is 0 Å². The summed E-state index contributed by atoms with van der Waals surface area (Å²) in [6.45, 7) is 7.60. The number of nitrogens with one attached hydrogen (secondary N) is 3. The zero-order chi connectivity index (χ0) is 19.2. The van der Waals surface area contributed by atoms with E-state index in [0.29, 0.717) is 31.7 Å². The van der Waals surface area contributed by atoms with Crippen molar-refractivity contribution in [2.24, 2.45) is 0 Å². The molecule has 0 radical (unpaired) electrons. The molecule has 3 N–H and O–H groups in total. The molecule has 1 saturated heterocycles. The maximum atomic E-state index is 12.5. The third-order valence-electron chi connectivity index (χ3n) is 4.81. The molecule has 0 saturated carbocycles. The van der Waals surface area contributed by atoms with E-state index in [1.165, 1.54) is 0 Å². The van der Waals surface area contributed by atoms with Gasteiger partial charge < -0.3 is 15.6 Å². The highest BCUT2D eigenvalue weighted by atomic mass is 16.2. The first-order chi connectivity index (χ1) is 13.1. The highest BCUT2D eigenvalue weighted by molar-refractivity contribution is 5.92. The average Bonchev–Trinajstić information content (AvgIpc) is 3.32. The lowest BCUT2D eigenvalue weighted by atomic mass is 10.1. The lowest BCUT2D eigenvalue weighted by molar-refractivity contribution is -0.125. The van der Waals surface area contributed by atoms with Crippen molar-refractivity contribution >= 4 is 17.9 Å². The van der Waals surface area contributed by atoms with Crippen LogP contribution in [0.5, 0.6) is 0 Å². The van der Waals surface area contributed by atoms with Crippen LogP contribution in [0.4, 0.5) is 0 Å². The van der Waals surface area contributed by atoms with Crippen molar-refractivity contribution in [3.05, 3.63) is 66.0 Å². The van der Waals surface area contributed by atoms with Crippen LogP contribution >= 0.6 is 0 Å². The normalized spacial score (nSPS) is 19.6. The fraction of sp³-hybridized carbons (Fsp3) is 0.333. The van der Waals surface area contributed by atoms with Crippen LogP contribution in [0.1, 0.15) is 35.0 Å². The molecule has 6 heteroatoms. The van der Waals surface area contributed by atoms with Crippen molar-refractivity contribution < 1.29 is 9.59 Å². The number of likely N-dealkylation sites (N-methyl/N-ethyl adjacent to an activating group) is 1. The summed E-state index contributed by atoms with van der Waals surface area (Å²) in [7, 11) is 0. The molecule has 2 amide bonds. The molecular formula is C21H26N4O2. The molecule has 2 heterocycles. The first kappa shape index (κ1) is 18.9. The van der Waals surface area contributed by atoms with Gasteiger partial charge in [0.1, 0.15) is 5.69 Å². The van der Waals surface area contributed by atoms with E-state index in [9.17, 15) is 9.59 Å². The Morgan fingerprint density at radius 1 is 1.33 bits per heavy atom. The molecule has 3 rings (SSSR count). The first-order valence-corrected chi connectivity index (χ1v) is 9.28. The van der Waals surface area contributed by atoms with Crippen molar-refractivity contribution in [2.45, 2.75) is 32.0 Å². The lowest BCUT2D eigenvalue weighted by Crippen LogP contribution is -2.42. The van der Waals surface area contributed by atoms with Crippen LogP contribution < -0.4 is 10.6 Å². The molecule has 2 aromatic rings. The third kappa shape index (κ3) is 4.65. The summed E-state index contributed by atoms with van der Waals surface area (Å²) in [6, 6.07) is 11.3. The first-order valence-electron chi connectivity index (χ1n) is 9.28. The van der Waals surface area contributed by atoms with E-state index in [-0.39, 0.29) is 23.9 Å². The smallest absolute Gasteiger partial charge is 0.267 e. The molecule has 6 nitrogen and oxygen atoms in total. The van der Waals surface area contributed by atoms with Gasteiger partial charge in [-0.1, -0.05) is 36.9 Å². The summed E-state index contributed by atoms with van der Waals surface area (Å²) < 4.78 is 0. The van der Waals surface area contributed by atoms with Crippen LogP contribution in [0.15, 0.2) is 49.2 Å². The monoisotopic (exact) mass is 366 g/mol. The largest absolute Gasteiger partial charge is 0.357 e. The molecule has 2 atom stereocenters. The van der Waals surface area contributed by atoms with E-state index in [2.05, 4.69) is 33.2 Å². The van der Waals surface area contributed by atoms with Gasteiger partial charge in [-0.05, 0) is 36.6 Å². The SMILES string of the molecule is C=Cc1cccc(CN2C[C@@H](NC(=O)c3ccc[nH]3)C[C@H]2C(=O)NCC)c1. The fourth-order valence-corrected chi connectivity index (χ4v) is 3.54. The number of carbonyl (C=O) groups excluding carboxylic acids is 2. The molecular weight excluding hydrogens is 340 g/mol. The number of aromatic nitrogens is 1. The maximum absolute atomic E-state index is 12.5. The van der Waals surface area contributed by atoms with Gasteiger partial charge >= 0.3 is 0 Å². The maximum Gasteiger partial charge on any atom is 0.267 e. The van der Waals surface area contributed by atoms with E-state index in [1.54, 1.807) is 18.3 Å². The van der Waals surface area contributed by atoms with Crippen molar-refractivity contribution in [1.82, 2.24) is 20.5 Å². The van der Waals surface area contributed by atoms with E-state index in [1.807, 2.05) is 31.2 Å². The zero-order valence-electron chi connectivity index (χ0n) is 15.6. The molecule has 0 bridgehead atoms. The zero-order valence-corrected chi connectivity index (χ0v) is 15.6. The van der Waals surface area contributed by atoms with Crippen molar-refractivity contribution in [3.63, 3.8) is 0 Å². The number of benzene rings is 1. The molecule has 0 aliphatic carbocycles. The average molecular weight is 366 g/mol. The lowest BCUT2D eigenvalue weighted by Gasteiger charge is -2.23. The number of hydrogen-bond donors (Lipinski definition) is 3. The Labute approximate surface area is 159 Å². The number of H-pyrrole nitrogens is 1.